The lowest BCUT2D eigenvalue weighted by molar-refractivity contribution is -0.146. The number of anilines is 1. The summed E-state index contributed by atoms with van der Waals surface area (Å²) in [6.45, 7) is 4.03. The highest BCUT2D eigenvalue weighted by Gasteiger charge is 2.32. The number of aryl methyl sites for hydroxylation is 1. The van der Waals surface area contributed by atoms with Gasteiger partial charge in [0.15, 0.2) is 0 Å². The molecule has 6 nitrogen and oxygen atoms in total. The topological polar surface area (TPSA) is 58.6 Å². The summed E-state index contributed by atoms with van der Waals surface area (Å²) < 4.78 is 5.86. The SMILES string of the molecule is Cc1cc(N(C)C2CCN(C(=O)C3Cc4ccccc4CO3)CC2)ncn1. The van der Waals surface area contributed by atoms with E-state index in [-0.39, 0.29) is 12.0 Å². The Labute approximate surface area is 160 Å². The van der Waals surface area contributed by atoms with Crippen LogP contribution in [0.3, 0.4) is 0 Å². The summed E-state index contributed by atoms with van der Waals surface area (Å²) in [6, 6.07) is 10.6. The molecule has 1 fully saturated rings. The van der Waals surface area contributed by atoms with E-state index < -0.39 is 0 Å². The molecular weight excluding hydrogens is 340 g/mol. The lowest BCUT2D eigenvalue weighted by Crippen LogP contribution is -2.50. The first-order valence-electron chi connectivity index (χ1n) is 9.60. The van der Waals surface area contributed by atoms with Crippen LogP contribution < -0.4 is 4.90 Å². The van der Waals surface area contributed by atoms with Gasteiger partial charge in [-0.3, -0.25) is 4.79 Å². The molecular formula is C21H26N4O2. The van der Waals surface area contributed by atoms with Crippen molar-refractivity contribution in [2.45, 2.75) is 44.9 Å². The van der Waals surface area contributed by atoms with Crippen molar-refractivity contribution in [1.82, 2.24) is 14.9 Å². The largest absolute Gasteiger partial charge is 0.363 e. The average molecular weight is 366 g/mol. The van der Waals surface area contributed by atoms with E-state index in [9.17, 15) is 4.79 Å². The zero-order chi connectivity index (χ0) is 18.8. The molecule has 6 heteroatoms. The summed E-state index contributed by atoms with van der Waals surface area (Å²) in [4.78, 5) is 25.6. The first-order chi connectivity index (χ1) is 13.1. The molecule has 1 atom stereocenters. The Morgan fingerprint density at radius 3 is 2.67 bits per heavy atom. The van der Waals surface area contributed by atoms with Crippen LogP contribution in [0.1, 0.15) is 29.7 Å². The summed E-state index contributed by atoms with van der Waals surface area (Å²) in [5.41, 5.74) is 3.40. The van der Waals surface area contributed by atoms with Gasteiger partial charge in [0, 0.05) is 44.4 Å². The molecule has 142 valence electrons. The molecule has 2 aromatic rings. The Balaban J connectivity index is 1.34. The van der Waals surface area contributed by atoms with Gasteiger partial charge in [-0.2, -0.15) is 0 Å². The van der Waals surface area contributed by atoms with Crippen LogP contribution in [-0.2, 0) is 22.6 Å². The number of nitrogens with zero attached hydrogens (tertiary/aromatic N) is 4. The fourth-order valence-electron chi connectivity index (χ4n) is 4.00. The van der Waals surface area contributed by atoms with E-state index in [0.717, 1.165) is 37.4 Å². The van der Waals surface area contributed by atoms with E-state index in [4.69, 9.17) is 4.74 Å². The lowest BCUT2D eigenvalue weighted by Gasteiger charge is -2.39. The second kappa shape index (κ2) is 7.64. The molecule has 1 aromatic carbocycles. The van der Waals surface area contributed by atoms with Gasteiger partial charge in [-0.1, -0.05) is 24.3 Å². The Bertz CT molecular complexity index is 817. The summed E-state index contributed by atoms with van der Waals surface area (Å²) in [6.07, 6.45) is 3.81. The minimum Gasteiger partial charge on any atom is -0.363 e. The fourth-order valence-corrected chi connectivity index (χ4v) is 4.00. The standard InChI is InChI=1S/C21H26N4O2/c1-15-11-20(23-14-22-15)24(2)18-7-9-25(10-8-18)21(26)19-12-16-5-3-4-6-17(16)13-27-19/h3-6,11,14,18-19H,7-10,12-13H2,1-2H3. The van der Waals surface area contributed by atoms with Crippen molar-refractivity contribution in [2.24, 2.45) is 0 Å². The first kappa shape index (κ1) is 17.9. The van der Waals surface area contributed by atoms with Crippen molar-refractivity contribution in [3.63, 3.8) is 0 Å². The number of aromatic nitrogens is 2. The third kappa shape index (κ3) is 3.81. The van der Waals surface area contributed by atoms with Crippen molar-refractivity contribution in [3.05, 3.63) is 53.5 Å². The van der Waals surface area contributed by atoms with Gasteiger partial charge in [0.25, 0.3) is 5.91 Å². The van der Waals surface area contributed by atoms with Crippen molar-refractivity contribution >= 4 is 11.7 Å². The van der Waals surface area contributed by atoms with Gasteiger partial charge in [0.2, 0.25) is 0 Å². The quantitative estimate of drug-likeness (QED) is 0.835. The van der Waals surface area contributed by atoms with E-state index in [0.29, 0.717) is 19.1 Å². The summed E-state index contributed by atoms with van der Waals surface area (Å²) in [5, 5.41) is 0. The second-order valence-corrected chi connectivity index (χ2v) is 7.46. The molecule has 0 N–H and O–H groups in total. The number of ether oxygens (including phenoxy) is 1. The van der Waals surface area contributed by atoms with E-state index in [1.165, 1.54) is 11.1 Å². The molecule has 2 aliphatic heterocycles. The molecule has 1 aromatic heterocycles. The molecule has 0 aliphatic carbocycles. The van der Waals surface area contributed by atoms with Crippen molar-refractivity contribution < 1.29 is 9.53 Å². The van der Waals surface area contributed by atoms with Gasteiger partial charge in [0.1, 0.15) is 18.2 Å². The lowest BCUT2D eigenvalue weighted by atomic mass is 9.97. The van der Waals surface area contributed by atoms with Gasteiger partial charge in [-0.25, -0.2) is 9.97 Å². The second-order valence-electron chi connectivity index (χ2n) is 7.46. The first-order valence-corrected chi connectivity index (χ1v) is 9.60. The van der Waals surface area contributed by atoms with Gasteiger partial charge >= 0.3 is 0 Å². The molecule has 4 rings (SSSR count). The van der Waals surface area contributed by atoms with Crippen LogP contribution in [-0.4, -0.2) is 53.1 Å². The molecule has 1 amide bonds. The average Bonchev–Trinajstić information content (AvgIpc) is 2.72. The van der Waals surface area contributed by atoms with E-state index in [2.05, 4.69) is 34.0 Å². The number of amides is 1. The highest BCUT2D eigenvalue weighted by molar-refractivity contribution is 5.81. The summed E-state index contributed by atoms with van der Waals surface area (Å²) >= 11 is 0. The van der Waals surface area contributed by atoms with Crippen LogP contribution in [0, 0.1) is 6.92 Å². The van der Waals surface area contributed by atoms with Crippen LogP contribution in [0.15, 0.2) is 36.7 Å². The highest BCUT2D eigenvalue weighted by Crippen LogP contribution is 2.24. The van der Waals surface area contributed by atoms with Gasteiger partial charge in [-0.05, 0) is 30.9 Å². The Morgan fingerprint density at radius 1 is 1.19 bits per heavy atom. The summed E-state index contributed by atoms with van der Waals surface area (Å²) in [7, 11) is 2.07. The number of carbonyl (C=O) groups excluding carboxylic acids is 1. The number of piperidine rings is 1. The minimum absolute atomic E-state index is 0.128. The molecule has 0 radical (unpaired) electrons. The Hall–Kier alpha value is -2.47. The summed E-state index contributed by atoms with van der Waals surface area (Å²) in [5.74, 6) is 1.07. The normalized spacial score (nSPS) is 20.2. The maximum Gasteiger partial charge on any atom is 0.252 e. The van der Waals surface area contributed by atoms with Crippen LogP contribution in [0.25, 0.3) is 0 Å². The molecule has 27 heavy (non-hydrogen) atoms. The zero-order valence-corrected chi connectivity index (χ0v) is 16.0. The van der Waals surface area contributed by atoms with E-state index in [1.807, 2.05) is 30.0 Å². The Kier molecular flexibility index (Phi) is 5.07. The zero-order valence-electron chi connectivity index (χ0n) is 16.0. The predicted molar refractivity (Wildman–Crippen MR) is 103 cm³/mol. The molecule has 3 heterocycles. The van der Waals surface area contributed by atoms with Gasteiger partial charge in [-0.15, -0.1) is 0 Å². The maximum atomic E-state index is 12.9. The molecule has 0 bridgehead atoms. The van der Waals surface area contributed by atoms with E-state index in [1.54, 1.807) is 6.33 Å². The molecule has 2 aliphatic rings. The number of rotatable bonds is 3. The maximum absolute atomic E-state index is 12.9. The number of likely N-dealkylation sites (tertiary alicyclic amines) is 1. The number of benzene rings is 1. The van der Waals surface area contributed by atoms with Crippen molar-refractivity contribution in [3.8, 4) is 0 Å². The monoisotopic (exact) mass is 366 g/mol. The smallest absolute Gasteiger partial charge is 0.252 e. The molecule has 0 spiro atoms. The Morgan fingerprint density at radius 2 is 1.93 bits per heavy atom. The molecule has 1 saturated heterocycles. The number of carbonyl (C=O) groups is 1. The van der Waals surface area contributed by atoms with Crippen molar-refractivity contribution in [2.75, 3.05) is 25.0 Å². The van der Waals surface area contributed by atoms with Crippen LogP contribution >= 0.6 is 0 Å². The molecule has 1 unspecified atom stereocenters. The predicted octanol–water partition coefficient (Wildman–Crippen LogP) is 2.35. The van der Waals surface area contributed by atoms with Gasteiger partial charge in [0.05, 0.1) is 6.61 Å². The van der Waals surface area contributed by atoms with Crippen LogP contribution in [0.5, 0.6) is 0 Å². The highest BCUT2D eigenvalue weighted by atomic mass is 16.5. The molecule has 0 saturated carbocycles. The number of fused-ring (bicyclic) bond motifs is 1. The van der Waals surface area contributed by atoms with Crippen molar-refractivity contribution in [1.29, 1.82) is 0 Å². The number of hydrogen-bond acceptors (Lipinski definition) is 5. The third-order valence-electron chi connectivity index (χ3n) is 5.71. The minimum atomic E-state index is -0.348. The fraction of sp³-hybridized carbons (Fsp3) is 0.476. The van der Waals surface area contributed by atoms with E-state index >= 15 is 0 Å². The van der Waals surface area contributed by atoms with Crippen LogP contribution in [0.2, 0.25) is 0 Å². The van der Waals surface area contributed by atoms with Crippen LogP contribution in [0.4, 0.5) is 5.82 Å². The third-order valence-corrected chi connectivity index (χ3v) is 5.71. The van der Waals surface area contributed by atoms with Gasteiger partial charge < -0.3 is 14.5 Å². The number of hydrogen-bond donors (Lipinski definition) is 0.